The fourth-order valence-corrected chi connectivity index (χ4v) is 4.37. The summed E-state index contributed by atoms with van der Waals surface area (Å²) >= 11 is 0. The normalized spacial score (nSPS) is 15.6. The molecule has 0 bridgehead atoms. The fraction of sp³-hybridized carbons (Fsp3) is 0.100. The maximum atomic E-state index is 12.3. The predicted molar refractivity (Wildman–Crippen MR) is 148 cm³/mol. The summed E-state index contributed by atoms with van der Waals surface area (Å²) in [5.41, 5.74) is 8.19. The van der Waals surface area contributed by atoms with Crippen LogP contribution >= 0.6 is 0 Å². The Bertz CT molecular complexity index is 1440. The lowest BCUT2D eigenvalue weighted by atomic mass is 9.94. The first-order valence-electron chi connectivity index (χ1n) is 12.2. The zero-order valence-electron chi connectivity index (χ0n) is 21.1. The molecule has 1 aliphatic heterocycles. The lowest BCUT2D eigenvalue weighted by Gasteiger charge is -2.22. The number of hydrogen-bond donors (Lipinski definition) is 3. The topological polar surface area (TPSA) is 91.4 Å². The van der Waals surface area contributed by atoms with Gasteiger partial charge in [0.15, 0.2) is 0 Å². The highest BCUT2D eigenvalue weighted by Gasteiger charge is 2.34. The molecule has 1 unspecified atom stereocenters. The Balaban J connectivity index is 1.65. The minimum absolute atomic E-state index is 0.245. The second-order valence-corrected chi connectivity index (χ2v) is 8.65. The van der Waals surface area contributed by atoms with Gasteiger partial charge in [-0.15, -0.1) is 0 Å². The first-order chi connectivity index (χ1) is 18.7. The largest absolute Gasteiger partial charge is 0.497 e. The van der Waals surface area contributed by atoms with Crippen LogP contribution in [0.3, 0.4) is 0 Å². The summed E-state index contributed by atoms with van der Waals surface area (Å²) in [5, 5.41) is 8.37. The number of benzene rings is 3. The Hall–Kier alpha value is -4.95. The molecule has 38 heavy (non-hydrogen) atoms. The monoisotopic (exact) mass is 504 g/mol. The second kappa shape index (κ2) is 11.4. The zero-order chi connectivity index (χ0) is 26.3. The summed E-state index contributed by atoms with van der Waals surface area (Å²) < 4.78 is 5.33. The molecule has 3 N–H and O–H groups in total. The van der Waals surface area contributed by atoms with Gasteiger partial charge in [0, 0.05) is 18.0 Å². The number of nitrogens with one attached hydrogen (secondary N) is 3. The Morgan fingerprint density at radius 1 is 0.947 bits per heavy atom. The number of hydrogen-bond acceptors (Lipinski definition) is 7. The van der Waals surface area contributed by atoms with Crippen molar-refractivity contribution in [3.05, 3.63) is 132 Å². The van der Waals surface area contributed by atoms with Gasteiger partial charge in [-0.1, -0.05) is 72.8 Å². The Morgan fingerprint density at radius 3 is 2.29 bits per heavy atom. The molecular formula is C30H28N6O2. The third-order valence-corrected chi connectivity index (χ3v) is 6.33. The van der Waals surface area contributed by atoms with E-state index in [1.807, 2.05) is 91.9 Å². The van der Waals surface area contributed by atoms with E-state index < -0.39 is 0 Å². The van der Waals surface area contributed by atoms with Crippen molar-refractivity contribution in [2.75, 3.05) is 12.4 Å². The van der Waals surface area contributed by atoms with Gasteiger partial charge in [-0.05, 0) is 41.3 Å². The number of carbonyl (C=O) groups excluding carboxylic acids is 1. The molecule has 0 fully saturated rings. The van der Waals surface area contributed by atoms with Crippen molar-refractivity contribution >= 4 is 23.4 Å². The van der Waals surface area contributed by atoms with Gasteiger partial charge in [0.05, 0.1) is 19.3 Å². The van der Waals surface area contributed by atoms with Gasteiger partial charge < -0.3 is 15.4 Å². The molecule has 0 aliphatic carbocycles. The molecule has 1 amide bonds. The molecule has 8 nitrogen and oxygen atoms in total. The van der Waals surface area contributed by atoms with E-state index in [2.05, 4.69) is 26.0 Å². The lowest BCUT2D eigenvalue weighted by Crippen LogP contribution is -2.37. The average Bonchev–Trinajstić information content (AvgIpc) is 3.36. The van der Waals surface area contributed by atoms with Crippen LogP contribution in [0.1, 0.15) is 29.7 Å². The van der Waals surface area contributed by atoms with Crippen LogP contribution in [-0.4, -0.2) is 28.5 Å². The van der Waals surface area contributed by atoms with Crippen LogP contribution in [0.5, 0.6) is 5.75 Å². The maximum Gasteiger partial charge on any atom is 0.229 e. The Kier molecular flexibility index (Phi) is 7.42. The standard InChI is InChI=1S/C30H28N6O2/c1-21(22-13-15-25(38-2)16-14-22)29(33-26-19-31-17-18-32-26)34-30-27(23-9-5-3-6-10-23)28(35-36(30)20-37)24-11-7-4-8-12-24/h3-20,28,34-35H,1-2H3,(H,32,33)/b29-21+. The van der Waals surface area contributed by atoms with Crippen molar-refractivity contribution < 1.29 is 9.53 Å². The number of nitrogens with zero attached hydrogens (tertiary/aromatic N) is 3. The van der Waals surface area contributed by atoms with Gasteiger partial charge in [0.1, 0.15) is 23.2 Å². The molecule has 3 aromatic carbocycles. The third kappa shape index (κ3) is 5.25. The van der Waals surface area contributed by atoms with E-state index in [1.165, 1.54) is 5.01 Å². The van der Waals surface area contributed by atoms with Crippen molar-refractivity contribution in [2.45, 2.75) is 13.0 Å². The van der Waals surface area contributed by atoms with E-state index in [0.29, 0.717) is 17.5 Å². The summed E-state index contributed by atoms with van der Waals surface area (Å²) in [6, 6.07) is 27.6. The first kappa shape index (κ1) is 24.7. The van der Waals surface area contributed by atoms with Crippen molar-refractivity contribution in [3.63, 3.8) is 0 Å². The smallest absolute Gasteiger partial charge is 0.229 e. The summed E-state index contributed by atoms with van der Waals surface area (Å²) in [7, 11) is 1.64. The zero-order valence-corrected chi connectivity index (χ0v) is 21.1. The van der Waals surface area contributed by atoms with E-state index in [-0.39, 0.29) is 6.04 Å². The van der Waals surface area contributed by atoms with Crippen molar-refractivity contribution in [1.82, 2.24) is 25.7 Å². The summed E-state index contributed by atoms with van der Waals surface area (Å²) in [6.45, 7) is 2.00. The van der Waals surface area contributed by atoms with Crippen molar-refractivity contribution in [1.29, 1.82) is 0 Å². The molecule has 2 heterocycles. The second-order valence-electron chi connectivity index (χ2n) is 8.65. The molecule has 0 spiro atoms. The number of ether oxygens (including phenoxy) is 1. The van der Waals surface area contributed by atoms with E-state index in [1.54, 1.807) is 25.7 Å². The SMILES string of the molecule is COc1ccc(/C(C)=C(/NC2=C(c3ccccc3)C(c3ccccc3)NN2C=O)Nc2cnccn2)cc1. The van der Waals surface area contributed by atoms with E-state index >= 15 is 0 Å². The molecule has 0 saturated heterocycles. The number of aromatic nitrogens is 2. The quantitative estimate of drug-likeness (QED) is 0.278. The van der Waals surface area contributed by atoms with Crippen LogP contribution in [0.15, 0.2) is 115 Å². The van der Waals surface area contributed by atoms with Crippen molar-refractivity contribution in [2.24, 2.45) is 0 Å². The highest BCUT2D eigenvalue weighted by atomic mass is 16.5. The molecule has 1 atom stereocenters. The minimum atomic E-state index is -0.245. The first-order valence-corrected chi connectivity index (χ1v) is 12.2. The molecule has 8 heteroatoms. The number of anilines is 1. The molecule has 190 valence electrons. The lowest BCUT2D eigenvalue weighted by molar-refractivity contribution is -0.118. The van der Waals surface area contributed by atoms with Gasteiger partial charge in [-0.2, -0.15) is 0 Å². The Labute approximate surface area is 221 Å². The summed E-state index contributed by atoms with van der Waals surface area (Å²) in [5.74, 6) is 2.60. The molecule has 0 saturated carbocycles. The van der Waals surface area contributed by atoms with E-state index in [4.69, 9.17) is 4.74 Å². The predicted octanol–water partition coefficient (Wildman–Crippen LogP) is 4.96. The molecule has 1 aromatic heterocycles. The number of carbonyl (C=O) groups is 1. The number of rotatable bonds is 9. The van der Waals surface area contributed by atoms with Gasteiger partial charge in [-0.25, -0.2) is 15.4 Å². The van der Waals surface area contributed by atoms with Gasteiger partial charge in [0.2, 0.25) is 6.41 Å². The van der Waals surface area contributed by atoms with Crippen LogP contribution in [0.4, 0.5) is 5.82 Å². The van der Waals surface area contributed by atoms with Crippen LogP contribution in [0, 0.1) is 0 Å². The molecule has 1 aliphatic rings. The van der Waals surface area contributed by atoms with Crippen LogP contribution in [-0.2, 0) is 4.79 Å². The summed E-state index contributed by atoms with van der Waals surface area (Å²) in [6.07, 6.45) is 5.66. The van der Waals surface area contributed by atoms with Crippen LogP contribution in [0.2, 0.25) is 0 Å². The molecule has 0 radical (unpaired) electrons. The Morgan fingerprint density at radius 2 is 1.66 bits per heavy atom. The average molecular weight is 505 g/mol. The van der Waals surface area contributed by atoms with Gasteiger partial charge in [0.25, 0.3) is 0 Å². The highest BCUT2D eigenvalue weighted by molar-refractivity contribution is 5.79. The maximum absolute atomic E-state index is 12.3. The van der Waals surface area contributed by atoms with Crippen molar-refractivity contribution in [3.8, 4) is 5.75 Å². The summed E-state index contributed by atoms with van der Waals surface area (Å²) in [4.78, 5) is 20.9. The third-order valence-electron chi connectivity index (χ3n) is 6.33. The number of hydrazine groups is 1. The number of amides is 1. The van der Waals surface area contributed by atoms with E-state index in [0.717, 1.165) is 40.0 Å². The van der Waals surface area contributed by atoms with Gasteiger partial charge >= 0.3 is 0 Å². The molecule has 5 rings (SSSR count). The van der Waals surface area contributed by atoms with Crippen LogP contribution in [0.25, 0.3) is 11.1 Å². The fourth-order valence-electron chi connectivity index (χ4n) is 4.37. The highest BCUT2D eigenvalue weighted by Crippen LogP contribution is 2.38. The molecular weight excluding hydrogens is 476 g/mol. The number of methoxy groups -OCH3 is 1. The van der Waals surface area contributed by atoms with Crippen LogP contribution < -0.4 is 20.8 Å². The van der Waals surface area contributed by atoms with E-state index in [9.17, 15) is 4.79 Å². The molecule has 4 aromatic rings. The minimum Gasteiger partial charge on any atom is -0.497 e. The van der Waals surface area contributed by atoms with Gasteiger partial charge in [-0.3, -0.25) is 9.78 Å². The number of allylic oxidation sites excluding steroid dienone is 1.